The lowest BCUT2D eigenvalue weighted by Crippen LogP contribution is -2.15. The van der Waals surface area contributed by atoms with Crippen LogP contribution in [0, 0.1) is 32.1 Å². The highest BCUT2D eigenvalue weighted by Crippen LogP contribution is 2.22. The lowest BCUT2D eigenvalue weighted by Gasteiger charge is -2.12. The third kappa shape index (κ3) is 2.52. The Bertz CT molecular complexity index is 714. The first-order chi connectivity index (χ1) is 9.54. The lowest BCUT2D eigenvalue weighted by atomic mass is 10.0. The van der Waals surface area contributed by atoms with Crippen molar-refractivity contribution in [3.8, 4) is 6.07 Å². The molecule has 0 aliphatic carbocycles. The van der Waals surface area contributed by atoms with E-state index in [1.807, 2.05) is 39.0 Å². The number of anilines is 1. The van der Waals surface area contributed by atoms with E-state index in [0.29, 0.717) is 5.56 Å². The molecular weight excluding hydrogens is 250 g/mol. The quantitative estimate of drug-likeness (QED) is 0.907. The molecule has 2 aromatic rings. The predicted molar refractivity (Wildman–Crippen MR) is 77.6 cm³/mol. The molecule has 0 bridgehead atoms. The number of hydrogen-bond acceptors (Lipinski definition) is 3. The molecule has 0 aliphatic heterocycles. The van der Waals surface area contributed by atoms with Gasteiger partial charge < -0.3 is 5.32 Å². The first-order valence-corrected chi connectivity index (χ1v) is 6.27. The number of carbonyl (C=O) groups is 1. The van der Waals surface area contributed by atoms with E-state index < -0.39 is 0 Å². The third-order valence-electron chi connectivity index (χ3n) is 3.49. The van der Waals surface area contributed by atoms with E-state index in [0.717, 1.165) is 16.8 Å². The van der Waals surface area contributed by atoms with E-state index in [9.17, 15) is 4.79 Å². The number of amides is 1. The van der Waals surface area contributed by atoms with Crippen LogP contribution in [0.2, 0.25) is 0 Å². The van der Waals surface area contributed by atoms with Crippen molar-refractivity contribution in [3.63, 3.8) is 0 Å². The molecule has 1 N–H and O–H groups in total. The van der Waals surface area contributed by atoms with Crippen LogP contribution >= 0.6 is 0 Å². The summed E-state index contributed by atoms with van der Waals surface area (Å²) in [4.78, 5) is 16.1. The molecule has 4 nitrogen and oxygen atoms in total. The number of pyridine rings is 1. The average Bonchev–Trinajstić information content (AvgIpc) is 2.47. The van der Waals surface area contributed by atoms with Gasteiger partial charge >= 0.3 is 0 Å². The largest absolute Gasteiger partial charge is 0.322 e. The van der Waals surface area contributed by atoms with Crippen LogP contribution in [-0.4, -0.2) is 10.9 Å². The van der Waals surface area contributed by atoms with Crippen LogP contribution in [0.3, 0.4) is 0 Å². The van der Waals surface area contributed by atoms with E-state index in [2.05, 4.69) is 10.3 Å². The number of hydrogen-bond donors (Lipinski definition) is 1. The molecular formula is C16H15N3O. The minimum absolute atomic E-state index is 0.285. The fraction of sp³-hybridized carbons (Fsp3) is 0.188. The average molecular weight is 265 g/mol. The Morgan fingerprint density at radius 1 is 1.20 bits per heavy atom. The zero-order valence-corrected chi connectivity index (χ0v) is 11.7. The van der Waals surface area contributed by atoms with Crippen molar-refractivity contribution >= 4 is 11.6 Å². The first-order valence-electron chi connectivity index (χ1n) is 6.27. The molecule has 1 aromatic carbocycles. The summed E-state index contributed by atoms with van der Waals surface area (Å²) in [7, 11) is 0. The molecule has 2 rings (SSSR count). The van der Waals surface area contributed by atoms with Crippen LogP contribution in [0.25, 0.3) is 0 Å². The van der Waals surface area contributed by atoms with Crippen LogP contribution in [-0.2, 0) is 0 Å². The maximum atomic E-state index is 12.2. The van der Waals surface area contributed by atoms with Crippen molar-refractivity contribution < 1.29 is 4.79 Å². The Morgan fingerprint density at radius 3 is 2.65 bits per heavy atom. The SMILES string of the molecule is Cc1ccc(NC(=O)c2cnccc2C#N)c(C)c1C. The molecule has 0 fully saturated rings. The molecule has 0 unspecified atom stereocenters. The van der Waals surface area contributed by atoms with Crippen molar-refractivity contribution in [1.29, 1.82) is 5.26 Å². The molecule has 0 aliphatic rings. The Labute approximate surface area is 118 Å². The van der Waals surface area contributed by atoms with Gasteiger partial charge in [-0.2, -0.15) is 5.26 Å². The summed E-state index contributed by atoms with van der Waals surface area (Å²) in [5.74, 6) is -0.319. The van der Waals surface area contributed by atoms with Gasteiger partial charge in [-0.3, -0.25) is 9.78 Å². The number of carbonyl (C=O) groups excluding carboxylic acids is 1. The van der Waals surface area contributed by atoms with E-state index in [-0.39, 0.29) is 11.5 Å². The molecule has 1 heterocycles. The monoisotopic (exact) mass is 265 g/mol. The maximum Gasteiger partial charge on any atom is 0.258 e. The van der Waals surface area contributed by atoms with Crippen LogP contribution in [0.15, 0.2) is 30.6 Å². The van der Waals surface area contributed by atoms with Gasteiger partial charge in [0.2, 0.25) is 0 Å². The summed E-state index contributed by atoms with van der Waals surface area (Å²) in [5, 5.41) is 11.8. The molecule has 1 amide bonds. The second kappa shape index (κ2) is 5.54. The van der Waals surface area contributed by atoms with Crippen molar-refractivity contribution in [2.75, 3.05) is 5.32 Å². The molecule has 4 heteroatoms. The highest BCUT2D eigenvalue weighted by Gasteiger charge is 2.13. The van der Waals surface area contributed by atoms with E-state index in [4.69, 9.17) is 5.26 Å². The van der Waals surface area contributed by atoms with Gasteiger partial charge in [-0.1, -0.05) is 6.07 Å². The molecule has 0 radical (unpaired) electrons. The number of rotatable bonds is 2. The van der Waals surface area contributed by atoms with Gasteiger partial charge in [-0.05, 0) is 49.6 Å². The van der Waals surface area contributed by atoms with Gasteiger partial charge in [-0.25, -0.2) is 0 Å². The number of nitrogens with zero attached hydrogens (tertiary/aromatic N) is 2. The minimum atomic E-state index is -0.319. The van der Waals surface area contributed by atoms with E-state index >= 15 is 0 Å². The number of nitriles is 1. The molecule has 0 spiro atoms. The van der Waals surface area contributed by atoms with Gasteiger partial charge in [0.25, 0.3) is 5.91 Å². The van der Waals surface area contributed by atoms with Crippen LogP contribution in [0.1, 0.15) is 32.6 Å². The first kappa shape index (κ1) is 13.8. The fourth-order valence-corrected chi connectivity index (χ4v) is 1.95. The second-order valence-corrected chi connectivity index (χ2v) is 4.67. The molecule has 0 saturated heterocycles. The Balaban J connectivity index is 2.34. The number of aryl methyl sites for hydroxylation is 1. The molecule has 1 aromatic heterocycles. The van der Waals surface area contributed by atoms with Gasteiger partial charge in [0.1, 0.15) is 6.07 Å². The standard InChI is InChI=1S/C16H15N3O/c1-10-4-5-15(12(3)11(10)2)19-16(20)14-9-18-7-6-13(14)8-17/h4-7,9H,1-3H3,(H,19,20). The fourth-order valence-electron chi connectivity index (χ4n) is 1.95. The van der Waals surface area contributed by atoms with Gasteiger partial charge in [-0.15, -0.1) is 0 Å². The Morgan fingerprint density at radius 2 is 1.95 bits per heavy atom. The Hall–Kier alpha value is -2.67. The van der Waals surface area contributed by atoms with E-state index in [1.54, 1.807) is 0 Å². The topological polar surface area (TPSA) is 65.8 Å². The van der Waals surface area contributed by atoms with Crippen LogP contribution < -0.4 is 5.32 Å². The number of aromatic nitrogens is 1. The smallest absolute Gasteiger partial charge is 0.258 e. The summed E-state index contributed by atoms with van der Waals surface area (Å²) < 4.78 is 0. The lowest BCUT2D eigenvalue weighted by molar-refractivity contribution is 0.102. The maximum absolute atomic E-state index is 12.2. The zero-order chi connectivity index (χ0) is 14.7. The van der Waals surface area contributed by atoms with Crippen LogP contribution in [0.5, 0.6) is 0 Å². The van der Waals surface area contributed by atoms with Crippen molar-refractivity contribution in [3.05, 3.63) is 58.4 Å². The molecule has 100 valence electrons. The van der Waals surface area contributed by atoms with Crippen molar-refractivity contribution in [2.24, 2.45) is 0 Å². The summed E-state index contributed by atoms with van der Waals surface area (Å²) >= 11 is 0. The number of nitrogens with one attached hydrogen (secondary N) is 1. The number of benzene rings is 1. The highest BCUT2D eigenvalue weighted by atomic mass is 16.1. The summed E-state index contributed by atoms with van der Waals surface area (Å²) in [6.07, 6.45) is 2.90. The normalized spacial score (nSPS) is 9.90. The van der Waals surface area contributed by atoms with Crippen molar-refractivity contribution in [2.45, 2.75) is 20.8 Å². The van der Waals surface area contributed by atoms with Gasteiger partial charge in [0.15, 0.2) is 0 Å². The van der Waals surface area contributed by atoms with Crippen LogP contribution in [0.4, 0.5) is 5.69 Å². The summed E-state index contributed by atoms with van der Waals surface area (Å²) in [6.45, 7) is 6.01. The predicted octanol–water partition coefficient (Wildman–Crippen LogP) is 3.13. The molecule has 0 saturated carbocycles. The Kier molecular flexibility index (Phi) is 3.81. The van der Waals surface area contributed by atoms with Gasteiger partial charge in [0, 0.05) is 18.1 Å². The van der Waals surface area contributed by atoms with Crippen molar-refractivity contribution in [1.82, 2.24) is 4.98 Å². The molecule has 0 atom stereocenters. The highest BCUT2D eigenvalue weighted by molar-refractivity contribution is 6.06. The third-order valence-corrected chi connectivity index (χ3v) is 3.49. The second-order valence-electron chi connectivity index (χ2n) is 4.67. The summed E-state index contributed by atoms with van der Waals surface area (Å²) in [6, 6.07) is 7.36. The molecule has 20 heavy (non-hydrogen) atoms. The van der Waals surface area contributed by atoms with Gasteiger partial charge in [0.05, 0.1) is 11.1 Å². The zero-order valence-electron chi connectivity index (χ0n) is 11.7. The van der Waals surface area contributed by atoms with E-state index in [1.165, 1.54) is 24.0 Å². The minimum Gasteiger partial charge on any atom is -0.322 e. The summed E-state index contributed by atoms with van der Waals surface area (Å²) in [5.41, 5.74) is 4.72.